The van der Waals surface area contributed by atoms with Gasteiger partial charge in [-0.3, -0.25) is 0 Å². The molecule has 0 spiro atoms. The Labute approximate surface area is 103 Å². The molecule has 0 saturated carbocycles. The summed E-state index contributed by atoms with van der Waals surface area (Å²) in [7, 11) is 0. The number of hydrogen-bond acceptors (Lipinski definition) is 5. The van der Waals surface area contributed by atoms with Crippen molar-refractivity contribution >= 4 is 11.8 Å². The highest BCUT2D eigenvalue weighted by molar-refractivity contribution is 5.88. The van der Waals surface area contributed by atoms with E-state index < -0.39 is 17.3 Å². The number of rotatable bonds is 4. The second-order valence-corrected chi connectivity index (χ2v) is 3.77. The number of ether oxygens (including phenoxy) is 2. The topological polar surface area (TPSA) is 80.7 Å². The van der Waals surface area contributed by atoms with Crippen LogP contribution in [0.2, 0.25) is 0 Å². The first-order chi connectivity index (χ1) is 8.68. The van der Waals surface area contributed by atoms with Crippen molar-refractivity contribution in [3.05, 3.63) is 23.6 Å². The summed E-state index contributed by atoms with van der Waals surface area (Å²) in [6.07, 6.45) is 1.06. The van der Waals surface area contributed by atoms with Gasteiger partial charge in [-0.05, 0) is 6.07 Å². The van der Waals surface area contributed by atoms with Gasteiger partial charge in [0.15, 0.2) is 11.6 Å². The average molecular weight is 256 g/mol. The van der Waals surface area contributed by atoms with E-state index in [0.29, 0.717) is 26.4 Å². The Morgan fingerprint density at radius 3 is 3.11 bits per heavy atom. The molecule has 1 aromatic rings. The van der Waals surface area contributed by atoms with Crippen LogP contribution in [-0.2, 0) is 9.47 Å². The molecular weight excluding hydrogens is 243 g/mol. The van der Waals surface area contributed by atoms with Crippen LogP contribution < -0.4 is 5.32 Å². The Hall–Kier alpha value is -1.73. The summed E-state index contributed by atoms with van der Waals surface area (Å²) in [4.78, 5) is 14.5. The summed E-state index contributed by atoms with van der Waals surface area (Å²) in [6.45, 7) is 1.79. The molecule has 0 bridgehead atoms. The van der Waals surface area contributed by atoms with Crippen molar-refractivity contribution < 1.29 is 23.8 Å². The molecule has 18 heavy (non-hydrogen) atoms. The summed E-state index contributed by atoms with van der Waals surface area (Å²) >= 11 is 0. The lowest BCUT2D eigenvalue weighted by Crippen LogP contribution is -2.34. The van der Waals surface area contributed by atoms with Crippen molar-refractivity contribution in [3.8, 4) is 0 Å². The number of nitrogens with one attached hydrogen (secondary N) is 1. The standard InChI is InChI=1S/C11H13FN2O4/c12-9-8(11(15)16)1-2-13-10(9)14-5-7-6-17-3-4-18-7/h1-2,7H,3-6H2,(H,13,14)(H,15,16). The second kappa shape index (κ2) is 5.74. The minimum atomic E-state index is -1.32. The smallest absolute Gasteiger partial charge is 0.338 e. The number of hydrogen-bond donors (Lipinski definition) is 2. The third kappa shape index (κ3) is 2.93. The quantitative estimate of drug-likeness (QED) is 0.827. The summed E-state index contributed by atoms with van der Waals surface area (Å²) in [5.74, 6) is -2.29. The first-order valence-electron chi connectivity index (χ1n) is 5.49. The normalized spacial score (nSPS) is 19.5. The molecule has 0 aromatic carbocycles. The molecule has 1 aliphatic heterocycles. The van der Waals surface area contributed by atoms with Crippen molar-refractivity contribution in [2.75, 3.05) is 31.7 Å². The van der Waals surface area contributed by atoms with Crippen LogP contribution >= 0.6 is 0 Å². The SMILES string of the molecule is O=C(O)c1ccnc(NCC2COCCO2)c1F. The molecule has 0 amide bonds. The van der Waals surface area contributed by atoms with Crippen LogP contribution in [-0.4, -0.2) is 48.5 Å². The first kappa shape index (κ1) is 12.7. The summed E-state index contributed by atoms with van der Waals surface area (Å²) in [5.41, 5.74) is -0.409. The van der Waals surface area contributed by atoms with Crippen molar-refractivity contribution in [2.24, 2.45) is 0 Å². The Kier molecular flexibility index (Phi) is 4.06. The number of aromatic carboxylic acids is 1. The number of carboxylic acids is 1. The van der Waals surface area contributed by atoms with E-state index in [1.807, 2.05) is 0 Å². The number of carboxylic acid groups (broad SMARTS) is 1. The molecule has 1 saturated heterocycles. The van der Waals surface area contributed by atoms with Crippen molar-refractivity contribution in [3.63, 3.8) is 0 Å². The molecule has 6 nitrogen and oxygen atoms in total. The Balaban J connectivity index is 2.00. The minimum absolute atomic E-state index is 0.0935. The van der Waals surface area contributed by atoms with Crippen molar-refractivity contribution in [1.29, 1.82) is 0 Å². The van der Waals surface area contributed by atoms with E-state index in [0.717, 1.165) is 6.07 Å². The van der Waals surface area contributed by atoms with Gasteiger partial charge in [0.25, 0.3) is 0 Å². The highest BCUT2D eigenvalue weighted by Crippen LogP contribution is 2.15. The molecule has 1 aliphatic rings. The van der Waals surface area contributed by atoms with Gasteiger partial charge < -0.3 is 19.9 Å². The average Bonchev–Trinajstić information content (AvgIpc) is 2.38. The monoisotopic (exact) mass is 256 g/mol. The van der Waals surface area contributed by atoms with Gasteiger partial charge in [0.05, 0.1) is 25.9 Å². The van der Waals surface area contributed by atoms with Crippen LogP contribution in [0.4, 0.5) is 10.2 Å². The zero-order chi connectivity index (χ0) is 13.0. The molecule has 1 unspecified atom stereocenters. The van der Waals surface area contributed by atoms with Crippen molar-refractivity contribution in [2.45, 2.75) is 6.10 Å². The number of halogens is 1. The molecule has 1 fully saturated rings. The highest BCUT2D eigenvalue weighted by Gasteiger charge is 2.18. The maximum atomic E-state index is 13.7. The van der Waals surface area contributed by atoms with E-state index in [2.05, 4.69) is 10.3 Å². The van der Waals surface area contributed by atoms with Gasteiger partial charge in [0, 0.05) is 12.7 Å². The van der Waals surface area contributed by atoms with E-state index in [4.69, 9.17) is 14.6 Å². The van der Waals surface area contributed by atoms with Crippen LogP contribution in [0.3, 0.4) is 0 Å². The molecule has 1 atom stereocenters. The van der Waals surface area contributed by atoms with E-state index in [1.54, 1.807) is 0 Å². The Morgan fingerprint density at radius 1 is 1.61 bits per heavy atom. The van der Waals surface area contributed by atoms with Crippen LogP contribution in [0.15, 0.2) is 12.3 Å². The number of pyridine rings is 1. The summed E-state index contributed by atoms with van der Waals surface area (Å²) < 4.78 is 24.3. The molecule has 0 radical (unpaired) electrons. The first-order valence-corrected chi connectivity index (χ1v) is 5.49. The van der Waals surface area contributed by atoms with Crippen LogP contribution in [0, 0.1) is 5.82 Å². The fourth-order valence-electron chi connectivity index (χ4n) is 1.60. The zero-order valence-electron chi connectivity index (χ0n) is 9.56. The molecule has 2 rings (SSSR count). The van der Waals surface area contributed by atoms with Gasteiger partial charge in [-0.15, -0.1) is 0 Å². The van der Waals surface area contributed by atoms with Gasteiger partial charge >= 0.3 is 5.97 Å². The lowest BCUT2D eigenvalue weighted by Gasteiger charge is -2.23. The molecule has 2 N–H and O–H groups in total. The van der Waals surface area contributed by atoms with Gasteiger partial charge in [-0.2, -0.15) is 0 Å². The van der Waals surface area contributed by atoms with Crippen molar-refractivity contribution in [1.82, 2.24) is 4.98 Å². The third-order valence-corrected chi connectivity index (χ3v) is 2.50. The summed E-state index contributed by atoms with van der Waals surface area (Å²) in [5, 5.41) is 11.5. The van der Waals surface area contributed by atoms with Gasteiger partial charge in [0.2, 0.25) is 0 Å². The lowest BCUT2D eigenvalue weighted by atomic mass is 10.2. The predicted molar refractivity (Wildman–Crippen MR) is 60.2 cm³/mol. The highest BCUT2D eigenvalue weighted by atomic mass is 19.1. The molecule has 1 aromatic heterocycles. The van der Waals surface area contributed by atoms with Crippen LogP contribution in [0.5, 0.6) is 0 Å². The Bertz CT molecular complexity index is 435. The van der Waals surface area contributed by atoms with Gasteiger partial charge in [-0.1, -0.05) is 0 Å². The number of nitrogens with zero attached hydrogens (tertiary/aromatic N) is 1. The third-order valence-electron chi connectivity index (χ3n) is 2.50. The van der Waals surface area contributed by atoms with Crippen LogP contribution in [0.25, 0.3) is 0 Å². The van der Waals surface area contributed by atoms with Crippen LogP contribution in [0.1, 0.15) is 10.4 Å². The lowest BCUT2D eigenvalue weighted by molar-refractivity contribution is -0.0819. The molecule has 0 aliphatic carbocycles. The van der Waals surface area contributed by atoms with E-state index >= 15 is 0 Å². The van der Waals surface area contributed by atoms with E-state index in [9.17, 15) is 9.18 Å². The number of anilines is 1. The molecular formula is C11H13FN2O4. The van der Waals surface area contributed by atoms with E-state index in [-0.39, 0.29) is 11.9 Å². The maximum Gasteiger partial charge on any atom is 0.338 e. The fourth-order valence-corrected chi connectivity index (χ4v) is 1.60. The maximum absolute atomic E-state index is 13.7. The van der Waals surface area contributed by atoms with E-state index in [1.165, 1.54) is 6.20 Å². The largest absolute Gasteiger partial charge is 0.478 e. The predicted octanol–water partition coefficient (Wildman–Crippen LogP) is 0.746. The summed E-state index contributed by atoms with van der Waals surface area (Å²) in [6, 6.07) is 1.11. The Morgan fingerprint density at radius 2 is 2.44 bits per heavy atom. The molecule has 98 valence electrons. The molecule has 7 heteroatoms. The zero-order valence-corrected chi connectivity index (χ0v) is 9.56. The number of carbonyl (C=O) groups is 1. The fraction of sp³-hybridized carbons (Fsp3) is 0.455. The van der Waals surface area contributed by atoms with Gasteiger partial charge in [0.1, 0.15) is 5.56 Å². The minimum Gasteiger partial charge on any atom is -0.478 e. The second-order valence-electron chi connectivity index (χ2n) is 3.77. The molecule has 2 heterocycles. The van der Waals surface area contributed by atoms with Gasteiger partial charge in [-0.25, -0.2) is 14.2 Å². The number of aromatic nitrogens is 1.